The van der Waals surface area contributed by atoms with Crippen molar-refractivity contribution in [1.29, 1.82) is 0 Å². The van der Waals surface area contributed by atoms with E-state index in [1.54, 1.807) is 0 Å². The fraction of sp³-hybridized carbons (Fsp3) is 0.900. The van der Waals surface area contributed by atoms with Gasteiger partial charge in [-0.05, 0) is 74.5 Å². The SMILES string of the molecule is O=C(NCC12CC3CC(CC(C3)C1)C2)C1CCN(C(=O)OCC(F)(F)F)CC1. The third kappa shape index (κ3) is 4.40. The van der Waals surface area contributed by atoms with Crippen molar-refractivity contribution in [3.63, 3.8) is 0 Å². The first kappa shape index (κ1) is 19.8. The summed E-state index contributed by atoms with van der Waals surface area (Å²) in [5.74, 6) is 2.37. The van der Waals surface area contributed by atoms with E-state index in [-0.39, 0.29) is 30.3 Å². The van der Waals surface area contributed by atoms with Crippen molar-refractivity contribution >= 4 is 12.0 Å². The molecule has 5 rings (SSSR count). The maximum absolute atomic E-state index is 12.6. The lowest BCUT2D eigenvalue weighted by Crippen LogP contribution is -2.52. The van der Waals surface area contributed by atoms with Gasteiger partial charge in [0.1, 0.15) is 0 Å². The van der Waals surface area contributed by atoms with Crippen LogP contribution in [0.25, 0.3) is 0 Å². The Balaban J connectivity index is 1.21. The molecule has 8 heteroatoms. The van der Waals surface area contributed by atoms with Crippen LogP contribution in [0.3, 0.4) is 0 Å². The first-order valence-electron chi connectivity index (χ1n) is 10.5. The lowest BCUT2D eigenvalue weighted by Gasteiger charge is -2.57. The van der Waals surface area contributed by atoms with Crippen molar-refractivity contribution in [3.05, 3.63) is 0 Å². The Labute approximate surface area is 163 Å². The van der Waals surface area contributed by atoms with Gasteiger partial charge in [0, 0.05) is 25.6 Å². The van der Waals surface area contributed by atoms with Crippen LogP contribution in [-0.4, -0.2) is 49.3 Å². The molecule has 28 heavy (non-hydrogen) atoms. The molecular formula is C20H29F3N2O3. The molecule has 5 nitrogen and oxygen atoms in total. The highest BCUT2D eigenvalue weighted by Crippen LogP contribution is 2.59. The molecule has 1 saturated heterocycles. The average Bonchev–Trinajstić information content (AvgIpc) is 2.63. The van der Waals surface area contributed by atoms with Gasteiger partial charge in [0.05, 0.1) is 0 Å². The minimum Gasteiger partial charge on any atom is -0.440 e. The molecule has 0 atom stereocenters. The highest BCUT2D eigenvalue weighted by atomic mass is 19.4. The molecule has 0 unspecified atom stereocenters. The monoisotopic (exact) mass is 402 g/mol. The first-order chi connectivity index (χ1) is 13.2. The van der Waals surface area contributed by atoms with Gasteiger partial charge in [0.15, 0.2) is 6.61 Å². The molecule has 0 spiro atoms. The molecule has 1 aliphatic heterocycles. The maximum atomic E-state index is 12.6. The van der Waals surface area contributed by atoms with E-state index >= 15 is 0 Å². The fourth-order valence-electron chi connectivity index (χ4n) is 6.48. The number of halogens is 3. The summed E-state index contributed by atoms with van der Waals surface area (Å²) >= 11 is 0. The molecule has 0 aromatic carbocycles. The van der Waals surface area contributed by atoms with Crippen LogP contribution >= 0.6 is 0 Å². The number of ether oxygens (including phenoxy) is 1. The summed E-state index contributed by atoms with van der Waals surface area (Å²) < 4.78 is 40.8. The van der Waals surface area contributed by atoms with Gasteiger partial charge in [-0.2, -0.15) is 13.2 Å². The average molecular weight is 402 g/mol. The molecule has 4 aliphatic carbocycles. The third-order valence-electron chi connectivity index (χ3n) is 7.29. The molecule has 0 aromatic rings. The number of hydrogen-bond acceptors (Lipinski definition) is 3. The van der Waals surface area contributed by atoms with Crippen LogP contribution in [0.1, 0.15) is 51.4 Å². The maximum Gasteiger partial charge on any atom is 0.422 e. The summed E-state index contributed by atoms with van der Waals surface area (Å²) in [4.78, 5) is 25.6. The highest BCUT2D eigenvalue weighted by molar-refractivity contribution is 5.79. The van der Waals surface area contributed by atoms with Crippen molar-refractivity contribution < 1.29 is 27.5 Å². The number of rotatable bonds is 4. The zero-order valence-electron chi connectivity index (χ0n) is 16.1. The molecule has 5 fully saturated rings. The van der Waals surface area contributed by atoms with Crippen LogP contribution in [-0.2, 0) is 9.53 Å². The third-order valence-corrected chi connectivity index (χ3v) is 7.29. The van der Waals surface area contributed by atoms with E-state index in [4.69, 9.17) is 0 Å². The Morgan fingerprint density at radius 3 is 2.04 bits per heavy atom. The van der Waals surface area contributed by atoms with Gasteiger partial charge >= 0.3 is 12.3 Å². The predicted molar refractivity (Wildman–Crippen MR) is 95.3 cm³/mol. The van der Waals surface area contributed by atoms with Crippen LogP contribution < -0.4 is 5.32 Å². The second-order valence-electron chi connectivity index (χ2n) is 9.57. The van der Waals surface area contributed by atoms with Gasteiger partial charge in [-0.3, -0.25) is 4.79 Å². The van der Waals surface area contributed by atoms with E-state index < -0.39 is 18.9 Å². The van der Waals surface area contributed by atoms with E-state index in [9.17, 15) is 22.8 Å². The Morgan fingerprint density at radius 1 is 1.00 bits per heavy atom. The van der Waals surface area contributed by atoms with Crippen molar-refractivity contribution in [2.45, 2.75) is 57.5 Å². The minimum absolute atomic E-state index is 0.0269. The van der Waals surface area contributed by atoms with Crippen LogP contribution in [0.4, 0.5) is 18.0 Å². The molecule has 1 heterocycles. The van der Waals surface area contributed by atoms with Gasteiger partial charge in [0.25, 0.3) is 0 Å². The van der Waals surface area contributed by atoms with Crippen molar-refractivity contribution in [2.24, 2.45) is 29.1 Å². The quantitative estimate of drug-likeness (QED) is 0.780. The molecular weight excluding hydrogens is 373 g/mol. The van der Waals surface area contributed by atoms with Gasteiger partial charge in [-0.25, -0.2) is 4.79 Å². The van der Waals surface area contributed by atoms with Crippen LogP contribution in [0.5, 0.6) is 0 Å². The minimum atomic E-state index is -4.52. The van der Waals surface area contributed by atoms with Gasteiger partial charge in [0.2, 0.25) is 5.91 Å². The van der Waals surface area contributed by atoms with Crippen LogP contribution in [0, 0.1) is 29.1 Å². The number of alkyl halides is 3. The largest absolute Gasteiger partial charge is 0.440 e. The molecule has 0 aromatic heterocycles. The first-order valence-corrected chi connectivity index (χ1v) is 10.5. The van der Waals surface area contributed by atoms with E-state index in [1.807, 2.05) is 0 Å². The molecule has 4 bridgehead atoms. The van der Waals surface area contributed by atoms with E-state index in [0.717, 1.165) is 24.3 Å². The second-order valence-corrected chi connectivity index (χ2v) is 9.57. The highest BCUT2D eigenvalue weighted by Gasteiger charge is 2.50. The van der Waals surface area contributed by atoms with E-state index in [0.29, 0.717) is 12.8 Å². The molecule has 1 N–H and O–H groups in total. The summed E-state index contributed by atoms with van der Waals surface area (Å²) in [6.45, 7) is -0.307. The summed E-state index contributed by atoms with van der Waals surface area (Å²) in [7, 11) is 0. The molecule has 158 valence electrons. The van der Waals surface area contributed by atoms with Gasteiger partial charge in [-0.1, -0.05) is 0 Å². The number of nitrogens with zero attached hydrogens (tertiary/aromatic N) is 1. The standard InChI is InChI=1S/C20H29F3N2O3/c21-20(22,23)12-28-18(27)25-3-1-16(2-4-25)17(26)24-11-19-8-13-5-14(9-19)7-15(6-13)10-19/h13-16H,1-12H2,(H,24,26). The van der Waals surface area contributed by atoms with Crippen molar-refractivity contribution in [2.75, 3.05) is 26.2 Å². The lowest BCUT2D eigenvalue weighted by atomic mass is 9.49. The lowest BCUT2D eigenvalue weighted by molar-refractivity contribution is -0.162. The van der Waals surface area contributed by atoms with Crippen molar-refractivity contribution in [1.82, 2.24) is 10.2 Å². The Hall–Kier alpha value is -1.47. The summed E-state index contributed by atoms with van der Waals surface area (Å²) in [6, 6.07) is 0. The summed E-state index contributed by atoms with van der Waals surface area (Å²) in [5, 5.41) is 3.18. The van der Waals surface area contributed by atoms with Crippen molar-refractivity contribution in [3.8, 4) is 0 Å². The number of piperidine rings is 1. The van der Waals surface area contributed by atoms with E-state index in [2.05, 4.69) is 10.1 Å². The normalized spacial score (nSPS) is 35.1. The number of carbonyl (C=O) groups excluding carboxylic acids is 2. The number of amides is 2. The van der Waals surface area contributed by atoms with Crippen LogP contribution in [0.2, 0.25) is 0 Å². The van der Waals surface area contributed by atoms with Gasteiger partial charge < -0.3 is 15.0 Å². The number of likely N-dealkylation sites (tertiary alicyclic amines) is 1. The zero-order valence-corrected chi connectivity index (χ0v) is 16.1. The molecule has 2 amide bonds. The Kier molecular flexibility index (Phi) is 5.25. The Morgan fingerprint density at radius 2 is 1.54 bits per heavy atom. The smallest absolute Gasteiger partial charge is 0.422 e. The molecule has 4 saturated carbocycles. The second kappa shape index (κ2) is 7.41. The molecule has 5 aliphatic rings. The Bertz CT molecular complexity index is 579. The summed E-state index contributed by atoms with van der Waals surface area (Å²) in [5.41, 5.74) is 0.284. The van der Waals surface area contributed by atoms with Gasteiger partial charge in [-0.15, -0.1) is 0 Å². The number of hydrogen-bond donors (Lipinski definition) is 1. The van der Waals surface area contributed by atoms with E-state index in [1.165, 1.54) is 43.4 Å². The van der Waals surface area contributed by atoms with Crippen LogP contribution in [0.15, 0.2) is 0 Å². The fourth-order valence-corrected chi connectivity index (χ4v) is 6.48. The summed E-state index contributed by atoms with van der Waals surface area (Å²) in [6.07, 6.45) is 3.29. The topological polar surface area (TPSA) is 58.6 Å². The number of nitrogens with one attached hydrogen (secondary N) is 1. The predicted octanol–water partition coefficient (Wildman–Crippen LogP) is 3.73. The zero-order chi connectivity index (χ0) is 19.9. The molecule has 0 radical (unpaired) electrons. The number of carbonyl (C=O) groups is 2.